The summed E-state index contributed by atoms with van der Waals surface area (Å²) in [5.74, 6) is 0.599. The number of rotatable bonds is 5. The van der Waals surface area contributed by atoms with Crippen LogP contribution in [0, 0.1) is 17.0 Å². The summed E-state index contributed by atoms with van der Waals surface area (Å²) in [6.07, 6.45) is 5.54. The van der Waals surface area contributed by atoms with Crippen LogP contribution in [0.4, 0.5) is 11.6 Å². The first kappa shape index (κ1) is 12.9. The van der Waals surface area contributed by atoms with Crippen molar-refractivity contribution in [2.75, 3.05) is 11.9 Å². The van der Waals surface area contributed by atoms with Gasteiger partial charge in [-0.2, -0.15) is 4.98 Å². The number of nitrogens with one attached hydrogen (secondary N) is 1. The zero-order chi connectivity index (χ0) is 13.8. The molecule has 2 aromatic heterocycles. The van der Waals surface area contributed by atoms with Gasteiger partial charge in [0, 0.05) is 18.9 Å². The highest BCUT2D eigenvalue weighted by Crippen LogP contribution is 2.24. The summed E-state index contributed by atoms with van der Waals surface area (Å²) in [4.78, 5) is 22.8. The number of hydrogen-bond acceptors (Lipinski definition) is 6. The molecule has 2 heterocycles. The van der Waals surface area contributed by atoms with Gasteiger partial charge in [-0.25, -0.2) is 9.97 Å². The van der Waals surface area contributed by atoms with Gasteiger partial charge in [-0.05, 0) is 13.3 Å². The smallest absolute Gasteiger partial charge is 0.333 e. The van der Waals surface area contributed by atoms with Crippen LogP contribution in [0.15, 0.2) is 18.7 Å². The zero-order valence-electron chi connectivity index (χ0n) is 10.7. The molecular formula is C11H14N6O2. The van der Waals surface area contributed by atoms with Gasteiger partial charge in [0.15, 0.2) is 0 Å². The number of aromatic nitrogens is 4. The second-order valence-corrected chi connectivity index (χ2v) is 3.96. The Morgan fingerprint density at radius 2 is 2.26 bits per heavy atom. The second-order valence-electron chi connectivity index (χ2n) is 3.96. The summed E-state index contributed by atoms with van der Waals surface area (Å²) in [5, 5.41) is 14.2. The molecule has 0 atom stereocenters. The molecule has 2 aromatic rings. The van der Waals surface area contributed by atoms with Crippen LogP contribution in [0.25, 0.3) is 5.82 Å². The normalized spacial score (nSPS) is 10.4. The second kappa shape index (κ2) is 5.42. The Bertz CT molecular complexity index is 581. The van der Waals surface area contributed by atoms with Crippen LogP contribution < -0.4 is 5.32 Å². The first-order chi connectivity index (χ1) is 9.13. The van der Waals surface area contributed by atoms with Crippen LogP contribution >= 0.6 is 0 Å². The van der Waals surface area contributed by atoms with Crippen LogP contribution in [0.3, 0.4) is 0 Å². The molecule has 100 valence electrons. The molecule has 0 aromatic carbocycles. The van der Waals surface area contributed by atoms with Crippen molar-refractivity contribution in [1.29, 1.82) is 0 Å². The quantitative estimate of drug-likeness (QED) is 0.650. The maximum absolute atomic E-state index is 11.1. The molecule has 0 saturated heterocycles. The lowest BCUT2D eigenvalue weighted by molar-refractivity contribution is -0.385. The van der Waals surface area contributed by atoms with Gasteiger partial charge in [-0.3, -0.25) is 14.7 Å². The Balaban J connectivity index is 2.53. The molecule has 0 saturated carbocycles. The predicted molar refractivity (Wildman–Crippen MR) is 69.3 cm³/mol. The monoisotopic (exact) mass is 262 g/mol. The van der Waals surface area contributed by atoms with Crippen molar-refractivity contribution in [2.45, 2.75) is 20.3 Å². The summed E-state index contributed by atoms with van der Waals surface area (Å²) in [5.41, 5.74) is 0.211. The van der Waals surface area contributed by atoms with Gasteiger partial charge in [0.05, 0.1) is 4.92 Å². The first-order valence-electron chi connectivity index (χ1n) is 5.88. The predicted octanol–water partition coefficient (Wildman–Crippen LogP) is 1.70. The standard InChI is InChI=1S/C11H14N6O2/c1-3-4-13-11-14-8(2)9(17(18)19)10(15-11)16-6-5-12-7-16/h5-7H,3-4H2,1-2H3,(H,13,14,15). The average Bonchev–Trinajstić information content (AvgIpc) is 2.88. The maximum Gasteiger partial charge on any atom is 0.333 e. The molecule has 0 aliphatic carbocycles. The van der Waals surface area contributed by atoms with Crippen molar-refractivity contribution in [3.05, 3.63) is 34.5 Å². The molecule has 19 heavy (non-hydrogen) atoms. The fraction of sp³-hybridized carbons (Fsp3) is 0.364. The number of nitro groups is 1. The van der Waals surface area contributed by atoms with Crippen molar-refractivity contribution in [2.24, 2.45) is 0 Å². The third-order valence-electron chi connectivity index (χ3n) is 2.50. The maximum atomic E-state index is 11.1. The van der Waals surface area contributed by atoms with E-state index < -0.39 is 4.92 Å². The summed E-state index contributed by atoms with van der Waals surface area (Å²) in [7, 11) is 0. The highest BCUT2D eigenvalue weighted by molar-refractivity contribution is 5.53. The minimum atomic E-state index is -0.478. The summed E-state index contributed by atoms with van der Waals surface area (Å²) < 4.78 is 1.50. The Labute approximate surface area is 109 Å². The van der Waals surface area contributed by atoms with Crippen molar-refractivity contribution >= 4 is 11.6 Å². The molecule has 0 unspecified atom stereocenters. The Kier molecular flexibility index (Phi) is 3.69. The molecule has 0 radical (unpaired) electrons. The molecule has 0 aliphatic rings. The van der Waals surface area contributed by atoms with E-state index in [1.807, 2.05) is 6.92 Å². The number of anilines is 1. The van der Waals surface area contributed by atoms with E-state index in [0.29, 0.717) is 18.2 Å². The number of nitrogens with zero attached hydrogens (tertiary/aromatic N) is 5. The summed E-state index contributed by atoms with van der Waals surface area (Å²) in [6.45, 7) is 4.32. The number of hydrogen-bond donors (Lipinski definition) is 1. The van der Waals surface area contributed by atoms with Gasteiger partial charge in [0.2, 0.25) is 11.8 Å². The first-order valence-corrected chi connectivity index (χ1v) is 5.88. The van der Waals surface area contributed by atoms with E-state index in [9.17, 15) is 10.1 Å². The lowest BCUT2D eigenvalue weighted by Gasteiger charge is -2.08. The van der Waals surface area contributed by atoms with Crippen LogP contribution in [-0.2, 0) is 0 Å². The summed E-state index contributed by atoms with van der Waals surface area (Å²) in [6, 6.07) is 0. The average molecular weight is 262 g/mol. The highest BCUT2D eigenvalue weighted by Gasteiger charge is 2.23. The number of aryl methyl sites for hydroxylation is 1. The minimum absolute atomic E-state index is 0.111. The van der Waals surface area contributed by atoms with E-state index >= 15 is 0 Å². The number of imidazole rings is 1. The lowest BCUT2D eigenvalue weighted by atomic mass is 10.3. The molecule has 1 N–H and O–H groups in total. The van der Waals surface area contributed by atoms with Gasteiger partial charge in [0.1, 0.15) is 12.0 Å². The molecule has 0 bridgehead atoms. The molecule has 0 aliphatic heterocycles. The van der Waals surface area contributed by atoms with E-state index in [-0.39, 0.29) is 11.5 Å². The highest BCUT2D eigenvalue weighted by atomic mass is 16.6. The van der Waals surface area contributed by atoms with Gasteiger partial charge in [-0.15, -0.1) is 0 Å². The van der Waals surface area contributed by atoms with Crippen molar-refractivity contribution in [1.82, 2.24) is 19.5 Å². The van der Waals surface area contributed by atoms with E-state index in [1.54, 1.807) is 19.3 Å². The molecule has 2 rings (SSSR count). The van der Waals surface area contributed by atoms with Gasteiger partial charge in [-0.1, -0.05) is 6.92 Å². The third kappa shape index (κ3) is 2.67. The largest absolute Gasteiger partial charge is 0.354 e. The molecule has 0 fully saturated rings. The van der Waals surface area contributed by atoms with E-state index in [4.69, 9.17) is 0 Å². The SMILES string of the molecule is CCCNc1nc(C)c([N+](=O)[O-])c(-n2ccnc2)n1. The van der Waals surface area contributed by atoms with Crippen molar-refractivity contribution in [3.8, 4) is 5.82 Å². The van der Waals surface area contributed by atoms with E-state index in [0.717, 1.165) is 6.42 Å². The molecule has 0 amide bonds. The fourth-order valence-corrected chi connectivity index (χ4v) is 1.65. The van der Waals surface area contributed by atoms with Crippen LogP contribution in [-0.4, -0.2) is 31.0 Å². The Morgan fingerprint density at radius 3 is 2.84 bits per heavy atom. The fourth-order valence-electron chi connectivity index (χ4n) is 1.65. The zero-order valence-corrected chi connectivity index (χ0v) is 10.7. The van der Waals surface area contributed by atoms with Gasteiger partial charge < -0.3 is 5.32 Å². The Hall–Kier alpha value is -2.51. The van der Waals surface area contributed by atoms with E-state index in [2.05, 4.69) is 20.3 Å². The molecule has 8 heteroatoms. The third-order valence-corrected chi connectivity index (χ3v) is 2.50. The van der Waals surface area contributed by atoms with Crippen molar-refractivity contribution < 1.29 is 4.92 Å². The molecule has 8 nitrogen and oxygen atoms in total. The van der Waals surface area contributed by atoms with Crippen LogP contribution in [0.2, 0.25) is 0 Å². The Morgan fingerprint density at radius 1 is 1.47 bits per heavy atom. The minimum Gasteiger partial charge on any atom is -0.354 e. The molecular weight excluding hydrogens is 248 g/mol. The van der Waals surface area contributed by atoms with Gasteiger partial charge in [0.25, 0.3) is 0 Å². The molecule has 0 spiro atoms. The van der Waals surface area contributed by atoms with Crippen LogP contribution in [0.1, 0.15) is 19.0 Å². The topological polar surface area (TPSA) is 98.8 Å². The van der Waals surface area contributed by atoms with Crippen molar-refractivity contribution in [3.63, 3.8) is 0 Å². The van der Waals surface area contributed by atoms with E-state index in [1.165, 1.54) is 10.9 Å². The van der Waals surface area contributed by atoms with Crippen LogP contribution in [0.5, 0.6) is 0 Å². The van der Waals surface area contributed by atoms with Gasteiger partial charge >= 0.3 is 5.69 Å². The lowest BCUT2D eigenvalue weighted by Crippen LogP contribution is -2.11. The summed E-state index contributed by atoms with van der Waals surface area (Å²) >= 11 is 0.